The van der Waals surface area contributed by atoms with E-state index in [1.165, 1.54) is 5.56 Å². The Labute approximate surface area is 69.8 Å². The van der Waals surface area contributed by atoms with Gasteiger partial charge in [0.05, 0.1) is 11.2 Å². The van der Waals surface area contributed by atoms with Crippen LogP contribution in [0.25, 0.3) is 6.08 Å². The van der Waals surface area contributed by atoms with Crippen LogP contribution in [0.2, 0.25) is 0 Å². The van der Waals surface area contributed by atoms with Crippen LogP contribution in [-0.2, 0) is 0 Å². The van der Waals surface area contributed by atoms with Crippen LogP contribution in [-0.4, -0.2) is 5.55 Å². The monoisotopic (exact) mass is 161 g/mol. The van der Waals surface area contributed by atoms with Gasteiger partial charge in [0.25, 0.3) is 0 Å². The molecular weight excluding hydrogens is 154 g/mol. The second-order valence-electron chi connectivity index (χ2n) is 2.23. The zero-order valence-corrected chi connectivity index (χ0v) is 6.71. The first-order chi connectivity index (χ1) is 5.47. The molecule has 0 N–H and O–H groups in total. The van der Waals surface area contributed by atoms with Gasteiger partial charge in [-0.2, -0.15) is 0 Å². The highest BCUT2D eigenvalue weighted by Crippen LogP contribution is 2.23. The van der Waals surface area contributed by atoms with Crippen LogP contribution in [0.4, 0.5) is 5.69 Å². The fraction of sp³-hybridized carbons (Fsp3) is 0. The molecule has 0 atom stereocenters. The predicted molar refractivity (Wildman–Crippen MR) is 51.2 cm³/mol. The molecular formula is C9H7NS. The van der Waals surface area contributed by atoms with Crippen molar-refractivity contribution in [3.8, 4) is 0 Å². The van der Waals surface area contributed by atoms with Gasteiger partial charge < -0.3 is 0 Å². The lowest BCUT2D eigenvalue weighted by atomic mass is 10.2. The van der Waals surface area contributed by atoms with Gasteiger partial charge in [0.15, 0.2) is 0 Å². The van der Waals surface area contributed by atoms with Crippen molar-refractivity contribution in [2.45, 2.75) is 0 Å². The van der Waals surface area contributed by atoms with Crippen molar-refractivity contribution in [2.24, 2.45) is 4.99 Å². The number of rotatable bonds is 0. The van der Waals surface area contributed by atoms with Crippen LogP contribution in [0.3, 0.4) is 0 Å². The minimum Gasteiger partial charge on any atom is -0.249 e. The van der Waals surface area contributed by atoms with Crippen LogP contribution in [0.5, 0.6) is 0 Å². The lowest BCUT2D eigenvalue weighted by molar-refractivity contribution is 1.52. The van der Waals surface area contributed by atoms with Crippen LogP contribution in [0, 0.1) is 0 Å². The molecule has 1 heterocycles. The Bertz CT molecular complexity index is 284. The highest BCUT2D eigenvalue weighted by Gasteiger charge is 1.96. The summed E-state index contributed by atoms with van der Waals surface area (Å²) in [6.07, 6.45) is 2.08. The van der Waals surface area contributed by atoms with Gasteiger partial charge in [-0.25, -0.2) is 4.99 Å². The van der Waals surface area contributed by atoms with E-state index in [1.54, 1.807) is 11.8 Å². The molecule has 0 saturated heterocycles. The molecule has 1 aromatic rings. The molecule has 11 heavy (non-hydrogen) atoms. The molecule has 1 nitrogen and oxygen atoms in total. The summed E-state index contributed by atoms with van der Waals surface area (Å²) in [5.41, 5.74) is 4.09. The van der Waals surface area contributed by atoms with E-state index in [2.05, 4.69) is 17.1 Å². The second kappa shape index (κ2) is 2.93. The van der Waals surface area contributed by atoms with E-state index < -0.39 is 0 Å². The fourth-order valence-electron chi connectivity index (χ4n) is 0.981. The van der Waals surface area contributed by atoms with Gasteiger partial charge in [-0.15, -0.1) is 0 Å². The van der Waals surface area contributed by atoms with Crippen molar-refractivity contribution >= 4 is 29.1 Å². The first-order valence-electron chi connectivity index (χ1n) is 3.40. The number of fused-ring (bicyclic) bond motifs is 1. The number of hydrogen-bond acceptors (Lipinski definition) is 2. The third-order valence-electron chi connectivity index (χ3n) is 1.52. The maximum atomic E-state index is 4.26. The maximum absolute atomic E-state index is 4.26. The van der Waals surface area contributed by atoms with Gasteiger partial charge in [0.2, 0.25) is 0 Å². The summed E-state index contributed by atoms with van der Waals surface area (Å²) in [5.74, 6) is 0. The molecule has 2 rings (SSSR count). The van der Waals surface area contributed by atoms with Gasteiger partial charge in [0, 0.05) is 5.56 Å². The first-order valence-corrected chi connectivity index (χ1v) is 4.35. The summed E-state index contributed by atoms with van der Waals surface area (Å²) in [7, 11) is 0. The lowest BCUT2D eigenvalue weighted by Crippen LogP contribution is -1.70. The van der Waals surface area contributed by atoms with Gasteiger partial charge in [-0.3, -0.25) is 0 Å². The lowest BCUT2D eigenvalue weighted by Gasteiger charge is -1.95. The zero-order valence-electron chi connectivity index (χ0n) is 5.90. The molecule has 0 unspecified atom stereocenters. The molecule has 1 aliphatic rings. The minimum absolute atomic E-state index is 1.05. The van der Waals surface area contributed by atoms with Gasteiger partial charge in [-0.1, -0.05) is 30.0 Å². The number of nitrogens with zero attached hydrogens (tertiary/aromatic N) is 1. The number of hydrogen-bond donors (Lipinski definition) is 0. The molecule has 0 aromatic heterocycles. The summed E-state index contributed by atoms with van der Waals surface area (Å²) in [4.78, 5) is 4.26. The Balaban J connectivity index is 2.58. The Morgan fingerprint density at radius 1 is 1.18 bits per heavy atom. The van der Waals surface area contributed by atoms with Crippen molar-refractivity contribution in [2.75, 3.05) is 0 Å². The molecule has 2 heteroatoms. The van der Waals surface area contributed by atoms with Gasteiger partial charge in [0.1, 0.15) is 0 Å². The van der Waals surface area contributed by atoms with E-state index in [4.69, 9.17) is 0 Å². The maximum Gasteiger partial charge on any atom is 0.0708 e. The second-order valence-corrected chi connectivity index (χ2v) is 2.99. The van der Waals surface area contributed by atoms with Crippen molar-refractivity contribution in [1.82, 2.24) is 0 Å². The van der Waals surface area contributed by atoms with Crippen molar-refractivity contribution in [3.63, 3.8) is 0 Å². The van der Waals surface area contributed by atoms with E-state index in [0.717, 1.165) is 5.69 Å². The average Bonchev–Trinajstić information content (AvgIpc) is 2.28. The third kappa shape index (κ3) is 1.35. The first kappa shape index (κ1) is 6.68. The summed E-state index contributed by atoms with van der Waals surface area (Å²) in [6, 6.07) is 8.10. The van der Waals surface area contributed by atoms with E-state index in [-0.39, 0.29) is 0 Å². The molecule has 54 valence electrons. The smallest absolute Gasteiger partial charge is 0.0708 e. The Morgan fingerprint density at radius 2 is 2.09 bits per heavy atom. The summed E-state index contributed by atoms with van der Waals surface area (Å²) >= 11 is 1.60. The molecule has 0 fully saturated rings. The average molecular weight is 161 g/mol. The molecule has 0 bridgehead atoms. The van der Waals surface area contributed by atoms with Crippen LogP contribution >= 0.6 is 11.8 Å². The molecule has 0 radical (unpaired) electrons. The van der Waals surface area contributed by atoms with E-state index >= 15 is 0 Å². The number of thioether (sulfide) groups is 1. The summed E-state index contributed by atoms with van der Waals surface area (Å²) in [6.45, 7) is 0. The van der Waals surface area contributed by atoms with Crippen molar-refractivity contribution in [1.29, 1.82) is 0 Å². The molecule has 0 spiro atoms. The van der Waals surface area contributed by atoms with Crippen molar-refractivity contribution in [3.05, 3.63) is 35.2 Å². The highest BCUT2D eigenvalue weighted by atomic mass is 32.2. The highest BCUT2D eigenvalue weighted by molar-refractivity contribution is 8.14. The Morgan fingerprint density at radius 3 is 3.09 bits per heavy atom. The van der Waals surface area contributed by atoms with E-state index in [1.807, 2.05) is 29.2 Å². The number of aliphatic imine (C=N–C) groups is 1. The van der Waals surface area contributed by atoms with Gasteiger partial charge in [-0.05, 0) is 17.6 Å². The summed E-state index contributed by atoms with van der Waals surface area (Å²) in [5, 5.41) is 2.04. The molecule has 0 aliphatic carbocycles. The van der Waals surface area contributed by atoms with E-state index in [0.29, 0.717) is 0 Å². The Hall–Kier alpha value is -1.02. The largest absolute Gasteiger partial charge is 0.249 e. The fourth-order valence-corrected chi connectivity index (χ4v) is 1.45. The summed E-state index contributed by atoms with van der Waals surface area (Å²) < 4.78 is 0. The number of benzene rings is 1. The zero-order chi connectivity index (χ0) is 7.52. The Kier molecular flexibility index (Phi) is 1.78. The van der Waals surface area contributed by atoms with Crippen LogP contribution in [0.15, 0.2) is 34.7 Å². The standard InChI is InChI=1S/C9H7NS/c1-2-4-9-8(3-1)5-6-11-7-10-9/h1-7H. The molecule has 0 amide bonds. The predicted octanol–water partition coefficient (Wildman–Crippen LogP) is 3.06. The van der Waals surface area contributed by atoms with Crippen LogP contribution in [0.1, 0.15) is 5.56 Å². The number of para-hydroxylation sites is 1. The normalized spacial score (nSPS) is 14.2. The molecule has 1 aromatic carbocycles. The quantitative estimate of drug-likeness (QED) is 0.569. The van der Waals surface area contributed by atoms with Gasteiger partial charge >= 0.3 is 0 Å². The van der Waals surface area contributed by atoms with Crippen molar-refractivity contribution < 1.29 is 0 Å². The molecule has 1 aliphatic heterocycles. The SMILES string of the molecule is C1=Cc2ccccc2N=CS1. The minimum atomic E-state index is 1.05. The third-order valence-corrected chi connectivity index (χ3v) is 2.04. The topological polar surface area (TPSA) is 12.4 Å². The van der Waals surface area contributed by atoms with Crippen LogP contribution < -0.4 is 0 Å². The molecule has 0 saturated carbocycles. The van der Waals surface area contributed by atoms with E-state index in [9.17, 15) is 0 Å².